The fourth-order valence-electron chi connectivity index (χ4n) is 2.99. The van der Waals surface area contributed by atoms with Gasteiger partial charge in [-0.3, -0.25) is 4.79 Å². The molecule has 2 N–H and O–H groups in total. The molecule has 0 unspecified atom stereocenters. The minimum absolute atomic E-state index is 0.326. The molecule has 0 saturated carbocycles. The highest BCUT2D eigenvalue weighted by atomic mass is 16.5. The highest BCUT2D eigenvalue weighted by molar-refractivity contribution is 6.05. The van der Waals surface area contributed by atoms with Gasteiger partial charge in [0.05, 0.1) is 33.2 Å². The number of aromatic nitrogens is 2. The number of carbonyl (C=O) groups is 1. The molecule has 0 atom stereocenters. The Hall–Kier alpha value is -3.81. The average molecular weight is 408 g/mol. The van der Waals surface area contributed by atoms with Crippen LogP contribution in [0.15, 0.2) is 42.6 Å². The first-order valence-corrected chi connectivity index (χ1v) is 9.23. The highest BCUT2D eigenvalue weighted by Crippen LogP contribution is 2.38. The molecule has 0 aliphatic rings. The largest absolute Gasteiger partial charge is 0.493 e. The summed E-state index contributed by atoms with van der Waals surface area (Å²) in [5, 5.41) is 5.97. The topological polar surface area (TPSA) is 94.6 Å². The molecule has 0 aliphatic heterocycles. The standard InChI is InChI=1S/C22H24N4O4/c1-13-8-14(2)24-20(9-13)26-19-7-6-16(12-23-19)25-22(27)15-10-17(28-3)21(30-5)18(11-15)29-4/h6-12H,1-5H3,(H,25,27)(H,23,24,26). The first-order valence-electron chi connectivity index (χ1n) is 9.23. The molecule has 0 aliphatic carbocycles. The Bertz CT molecular complexity index is 1010. The second-order valence-electron chi connectivity index (χ2n) is 6.60. The number of nitrogens with one attached hydrogen (secondary N) is 2. The van der Waals surface area contributed by atoms with Gasteiger partial charge in [0.1, 0.15) is 11.6 Å². The van der Waals surface area contributed by atoms with Crippen molar-refractivity contribution in [2.45, 2.75) is 13.8 Å². The molecule has 30 heavy (non-hydrogen) atoms. The molecule has 0 radical (unpaired) electrons. The molecular formula is C22H24N4O4. The summed E-state index contributed by atoms with van der Waals surface area (Å²) in [4.78, 5) is 21.5. The van der Waals surface area contributed by atoms with E-state index in [4.69, 9.17) is 14.2 Å². The van der Waals surface area contributed by atoms with Gasteiger partial charge in [0.25, 0.3) is 5.91 Å². The van der Waals surface area contributed by atoms with Gasteiger partial charge in [0.15, 0.2) is 11.5 Å². The minimum Gasteiger partial charge on any atom is -0.493 e. The molecule has 0 spiro atoms. The first kappa shape index (κ1) is 20.9. The Morgan fingerprint density at radius 2 is 1.60 bits per heavy atom. The molecule has 8 nitrogen and oxygen atoms in total. The van der Waals surface area contributed by atoms with Gasteiger partial charge in [-0.25, -0.2) is 9.97 Å². The molecule has 3 rings (SSSR count). The lowest BCUT2D eigenvalue weighted by Crippen LogP contribution is -2.13. The summed E-state index contributed by atoms with van der Waals surface area (Å²) in [6.45, 7) is 3.95. The fourth-order valence-corrected chi connectivity index (χ4v) is 2.99. The van der Waals surface area contributed by atoms with Crippen molar-refractivity contribution in [3.05, 3.63) is 59.4 Å². The molecule has 8 heteroatoms. The minimum atomic E-state index is -0.326. The van der Waals surface area contributed by atoms with Gasteiger partial charge in [0, 0.05) is 11.3 Å². The average Bonchev–Trinajstić information content (AvgIpc) is 2.73. The van der Waals surface area contributed by atoms with E-state index < -0.39 is 0 Å². The van der Waals surface area contributed by atoms with Crippen molar-refractivity contribution in [1.29, 1.82) is 0 Å². The van der Waals surface area contributed by atoms with Crippen molar-refractivity contribution in [1.82, 2.24) is 9.97 Å². The van der Waals surface area contributed by atoms with E-state index in [1.165, 1.54) is 21.3 Å². The van der Waals surface area contributed by atoms with E-state index in [2.05, 4.69) is 20.6 Å². The van der Waals surface area contributed by atoms with Crippen LogP contribution >= 0.6 is 0 Å². The van der Waals surface area contributed by atoms with Crippen molar-refractivity contribution in [2.75, 3.05) is 32.0 Å². The van der Waals surface area contributed by atoms with Gasteiger partial charge >= 0.3 is 0 Å². The van der Waals surface area contributed by atoms with Crippen LogP contribution in [0, 0.1) is 13.8 Å². The lowest BCUT2D eigenvalue weighted by atomic mass is 10.1. The van der Waals surface area contributed by atoms with Crippen LogP contribution in [0.3, 0.4) is 0 Å². The Labute approximate surface area is 175 Å². The number of ether oxygens (including phenoxy) is 3. The van der Waals surface area contributed by atoms with Crippen LogP contribution in [0.4, 0.5) is 17.3 Å². The first-order chi connectivity index (χ1) is 14.4. The van der Waals surface area contributed by atoms with Crippen LogP contribution < -0.4 is 24.8 Å². The van der Waals surface area contributed by atoms with E-state index in [0.717, 1.165) is 11.3 Å². The maximum atomic E-state index is 12.7. The van der Waals surface area contributed by atoms with Gasteiger partial charge in [-0.1, -0.05) is 0 Å². The molecule has 2 heterocycles. The second kappa shape index (κ2) is 9.13. The van der Waals surface area contributed by atoms with Gasteiger partial charge < -0.3 is 24.8 Å². The summed E-state index contributed by atoms with van der Waals surface area (Å²) in [5.74, 6) is 2.25. The number of aryl methyl sites for hydroxylation is 2. The number of rotatable bonds is 7. The van der Waals surface area contributed by atoms with Crippen LogP contribution in [0.1, 0.15) is 21.6 Å². The maximum Gasteiger partial charge on any atom is 0.255 e. The number of nitrogens with zero attached hydrogens (tertiary/aromatic N) is 2. The summed E-state index contributed by atoms with van der Waals surface area (Å²) in [7, 11) is 4.51. The molecule has 0 bridgehead atoms. The molecule has 2 aromatic heterocycles. The van der Waals surface area contributed by atoms with Crippen molar-refractivity contribution in [2.24, 2.45) is 0 Å². The summed E-state index contributed by atoms with van der Waals surface area (Å²) in [5.41, 5.74) is 2.95. The number of carbonyl (C=O) groups excluding carboxylic acids is 1. The van der Waals surface area contributed by atoms with Crippen LogP contribution in [0.25, 0.3) is 0 Å². The zero-order valence-corrected chi connectivity index (χ0v) is 17.6. The van der Waals surface area contributed by atoms with Crippen molar-refractivity contribution in [3.8, 4) is 17.2 Å². The maximum absolute atomic E-state index is 12.7. The molecule has 156 valence electrons. The van der Waals surface area contributed by atoms with Crippen LogP contribution in [-0.2, 0) is 0 Å². The Balaban J connectivity index is 1.74. The summed E-state index contributed by atoms with van der Waals surface area (Å²) in [6, 6.07) is 10.6. The smallest absolute Gasteiger partial charge is 0.255 e. The third-order valence-electron chi connectivity index (χ3n) is 4.30. The summed E-state index contributed by atoms with van der Waals surface area (Å²) >= 11 is 0. The number of benzene rings is 1. The zero-order valence-electron chi connectivity index (χ0n) is 17.6. The number of anilines is 3. The zero-order chi connectivity index (χ0) is 21.7. The molecule has 3 aromatic rings. The van der Waals surface area contributed by atoms with Crippen molar-refractivity contribution < 1.29 is 19.0 Å². The predicted octanol–water partition coefficient (Wildman–Crippen LogP) is 4.12. The summed E-state index contributed by atoms with van der Waals surface area (Å²) < 4.78 is 15.9. The predicted molar refractivity (Wildman–Crippen MR) is 115 cm³/mol. The van der Waals surface area contributed by atoms with Crippen LogP contribution in [0.5, 0.6) is 17.2 Å². The fraction of sp³-hybridized carbons (Fsp3) is 0.227. The van der Waals surface area contributed by atoms with Crippen LogP contribution in [0.2, 0.25) is 0 Å². The molecule has 1 amide bonds. The van der Waals surface area contributed by atoms with E-state index in [9.17, 15) is 4.79 Å². The lowest BCUT2D eigenvalue weighted by molar-refractivity contribution is 0.102. The van der Waals surface area contributed by atoms with E-state index >= 15 is 0 Å². The number of amides is 1. The van der Waals surface area contributed by atoms with Crippen molar-refractivity contribution in [3.63, 3.8) is 0 Å². The van der Waals surface area contributed by atoms with Crippen LogP contribution in [-0.4, -0.2) is 37.2 Å². The van der Waals surface area contributed by atoms with Gasteiger partial charge in [-0.05, 0) is 55.8 Å². The van der Waals surface area contributed by atoms with Crippen molar-refractivity contribution >= 4 is 23.2 Å². The number of methoxy groups -OCH3 is 3. The Morgan fingerprint density at radius 3 is 2.13 bits per heavy atom. The molecule has 0 saturated heterocycles. The van der Waals surface area contributed by atoms with E-state index in [0.29, 0.717) is 40.1 Å². The third kappa shape index (κ3) is 4.78. The number of hydrogen-bond donors (Lipinski definition) is 2. The number of hydrogen-bond acceptors (Lipinski definition) is 7. The monoisotopic (exact) mass is 408 g/mol. The second-order valence-corrected chi connectivity index (χ2v) is 6.60. The van der Waals surface area contributed by atoms with Gasteiger partial charge in [-0.15, -0.1) is 0 Å². The third-order valence-corrected chi connectivity index (χ3v) is 4.30. The summed E-state index contributed by atoms with van der Waals surface area (Å²) in [6.07, 6.45) is 1.57. The molecular weight excluding hydrogens is 384 g/mol. The van der Waals surface area contributed by atoms with E-state index in [-0.39, 0.29) is 5.91 Å². The van der Waals surface area contributed by atoms with Gasteiger partial charge in [0.2, 0.25) is 5.75 Å². The lowest BCUT2D eigenvalue weighted by Gasteiger charge is -2.14. The normalized spacial score (nSPS) is 10.3. The van der Waals surface area contributed by atoms with Gasteiger partial charge in [-0.2, -0.15) is 0 Å². The Morgan fingerprint density at radius 1 is 0.900 bits per heavy atom. The quantitative estimate of drug-likeness (QED) is 0.607. The number of pyridine rings is 2. The SMILES string of the molecule is COc1cc(C(=O)Nc2ccc(Nc3cc(C)cc(C)n3)nc2)cc(OC)c1OC. The molecule has 1 aromatic carbocycles. The Kier molecular flexibility index (Phi) is 6.36. The highest BCUT2D eigenvalue weighted by Gasteiger charge is 2.17. The van der Waals surface area contributed by atoms with E-state index in [1.807, 2.05) is 26.0 Å². The van der Waals surface area contributed by atoms with E-state index in [1.54, 1.807) is 30.5 Å². The molecule has 0 fully saturated rings.